The molecule has 1 aliphatic rings. The number of rotatable bonds is 5. The Kier molecular flexibility index (Phi) is 6.61. The average Bonchev–Trinajstić information content (AvgIpc) is 2.78. The predicted octanol–water partition coefficient (Wildman–Crippen LogP) is 5.97. The Balaban J connectivity index is 1.80. The molecule has 7 heteroatoms. The molecule has 172 valence electrons. The van der Waals surface area contributed by atoms with E-state index >= 15 is 0 Å². The summed E-state index contributed by atoms with van der Waals surface area (Å²) in [5.41, 5.74) is 8.96. The van der Waals surface area contributed by atoms with Gasteiger partial charge in [-0.25, -0.2) is 12.8 Å². The molecule has 0 amide bonds. The van der Waals surface area contributed by atoms with Gasteiger partial charge in [-0.05, 0) is 66.9 Å². The minimum Gasteiger partial charge on any atom is -0.489 e. The van der Waals surface area contributed by atoms with Gasteiger partial charge in [-0.2, -0.15) is 0 Å². The summed E-state index contributed by atoms with van der Waals surface area (Å²) in [6, 6.07) is 16.8. The first-order chi connectivity index (χ1) is 15.7. The number of hydrogen-bond donors (Lipinski definition) is 1. The van der Waals surface area contributed by atoms with Crippen LogP contribution in [0.2, 0.25) is 5.02 Å². The first-order valence-electron chi connectivity index (χ1n) is 10.6. The van der Waals surface area contributed by atoms with Crippen LogP contribution in [0.5, 0.6) is 5.75 Å². The van der Waals surface area contributed by atoms with Gasteiger partial charge in [0.2, 0.25) is 0 Å². The van der Waals surface area contributed by atoms with Crippen molar-refractivity contribution in [1.29, 1.82) is 0 Å². The molecule has 0 radical (unpaired) electrons. The van der Waals surface area contributed by atoms with Crippen LogP contribution in [0.4, 0.5) is 4.39 Å². The number of nitrogens with two attached hydrogens (primary N) is 1. The highest BCUT2D eigenvalue weighted by atomic mass is 35.5. The van der Waals surface area contributed by atoms with E-state index in [1.807, 2.05) is 19.1 Å². The molecule has 0 saturated carbocycles. The molecule has 4 rings (SSSR count). The third kappa shape index (κ3) is 4.69. The van der Waals surface area contributed by atoms with Crippen LogP contribution in [-0.4, -0.2) is 21.1 Å². The first-order valence-corrected chi connectivity index (χ1v) is 12.6. The Morgan fingerprint density at radius 2 is 1.94 bits per heavy atom. The molecule has 0 saturated heterocycles. The van der Waals surface area contributed by atoms with Gasteiger partial charge < -0.3 is 10.5 Å². The smallest absolute Gasteiger partial charge is 0.185 e. The monoisotopic (exact) mass is 485 g/mol. The van der Waals surface area contributed by atoms with E-state index < -0.39 is 27.0 Å². The minimum absolute atomic E-state index is 0.214. The van der Waals surface area contributed by atoms with Crippen molar-refractivity contribution < 1.29 is 17.5 Å². The fraction of sp³-hybridized carbons (Fsp3) is 0.231. The second kappa shape index (κ2) is 9.29. The molecule has 1 heterocycles. The molecule has 1 aliphatic heterocycles. The molecule has 0 bridgehead atoms. The van der Waals surface area contributed by atoms with Crippen LogP contribution >= 0.6 is 11.6 Å². The van der Waals surface area contributed by atoms with E-state index in [1.165, 1.54) is 6.07 Å². The number of sulfone groups is 1. The number of fused-ring (bicyclic) bond motifs is 1. The molecule has 4 nitrogen and oxygen atoms in total. The van der Waals surface area contributed by atoms with Crippen molar-refractivity contribution in [2.24, 2.45) is 5.73 Å². The first kappa shape index (κ1) is 23.5. The lowest BCUT2D eigenvalue weighted by Gasteiger charge is -2.31. The number of aryl methyl sites for hydroxylation is 1. The van der Waals surface area contributed by atoms with E-state index in [2.05, 4.69) is 0 Å². The lowest BCUT2D eigenvalue weighted by molar-refractivity contribution is 0.178. The van der Waals surface area contributed by atoms with Crippen molar-refractivity contribution in [2.45, 2.75) is 36.5 Å². The Labute approximate surface area is 198 Å². The van der Waals surface area contributed by atoms with Crippen LogP contribution in [-0.2, 0) is 9.84 Å². The summed E-state index contributed by atoms with van der Waals surface area (Å²) in [7, 11) is -3.69. The van der Waals surface area contributed by atoms with E-state index in [0.717, 1.165) is 11.1 Å². The van der Waals surface area contributed by atoms with E-state index in [-0.39, 0.29) is 17.9 Å². The molecule has 3 aromatic carbocycles. The van der Waals surface area contributed by atoms with Crippen LogP contribution in [0.3, 0.4) is 0 Å². The summed E-state index contributed by atoms with van der Waals surface area (Å²) in [6.07, 6.45) is 1.64. The molecule has 2 atom stereocenters. The maximum absolute atomic E-state index is 14.4. The summed E-state index contributed by atoms with van der Waals surface area (Å²) in [5, 5.41) is -0.488. The van der Waals surface area contributed by atoms with Gasteiger partial charge in [0.15, 0.2) is 9.84 Å². The van der Waals surface area contributed by atoms with Crippen molar-refractivity contribution >= 4 is 33.1 Å². The zero-order chi connectivity index (χ0) is 23.8. The topological polar surface area (TPSA) is 69.4 Å². The molecular formula is C26H25ClFNO3S. The number of allylic oxidation sites excluding steroid dienone is 1. The fourth-order valence-electron chi connectivity index (χ4n) is 4.20. The Morgan fingerprint density at radius 3 is 2.64 bits per heavy atom. The van der Waals surface area contributed by atoms with Gasteiger partial charge in [-0.15, -0.1) is 0 Å². The van der Waals surface area contributed by atoms with Gasteiger partial charge in [0, 0.05) is 24.1 Å². The second-order valence-electron chi connectivity index (χ2n) is 8.28. The van der Waals surface area contributed by atoms with Crippen molar-refractivity contribution in [2.75, 3.05) is 6.54 Å². The molecule has 0 aromatic heterocycles. The molecular weight excluding hydrogens is 461 g/mol. The molecule has 33 heavy (non-hydrogen) atoms. The van der Waals surface area contributed by atoms with E-state index in [4.69, 9.17) is 22.1 Å². The summed E-state index contributed by atoms with van der Waals surface area (Å²) in [6.45, 7) is 3.84. The summed E-state index contributed by atoms with van der Waals surface area (Å²) < 4.78 is 47.6. The van der Waals surface area contributed by atoms with Gasteiger partial charge >= 0.3 is 0 Å². The summed E-state index contributed by atoms with van der Waals surface area (Å²) in [4.78, 5) is 0.270. The van der Waals surface area contributed by atoms with Crippen LogP contribution in [0, 0.1) is 12.7 Å². The van der Waals surface area contributed by atoms with Crippen LogP contribution in [0.15, 0.2) is 65.6 Å². The third-order valence-corrected chi connectivity index (χ3v) is 8.27. The minimum atomic E-state index is -3.69. The summed E-state index contributed by atoms with van der Waals surface area (Å²) in [5.74, 6) is 0.0832. The zero-order valence-corrected chi connectivity index (χ0v) is 20.0. The molecule has 0 fully saturated rings. The Bertz CT molecular complexity index is 1320. The van der Waals surface area contributed by atoms with Gasteiger partial charge in [-0.1, -0.05) is 41.9 Å². The van der Waals surface area contributed by atoms with Gasteiger partial charge in [0.25, 0.3) is 0 Å². The second-order valence-corrected chi connectivity index (χ2v) is 10.8. The molecule has 0 spiro atoms. The van der Waals surface area contributed by atoms with Crippen LogP contribution in [0.25, 0.3) is 11.6 Å². The highest BCUT2D eigenvalue weighted by molar-refractivity contribution is 7.91. The number of halogens is 2. The standard InChI is InChI=1S/C26H25ClFNO3S/c1-16-5-3-6-20(11-16)33(30,31)25-14-19(15-29)32-24-10-9-18(13-21(24)25)12-17(2)26-22(27)7-4-8-23(26)28/h3-13,19,25H,14-15,29H2,1-2H3/b17-12+. The highest BCUT2D eigenvalue weighted by Crippen LogP contribution is 2.43. The Hall–Kier alpha value is -2.67. The van der Waals surface area contributed by atoms with Crippen LogP contribution in [0.1, 0.15) is 40.8 Å². The fourth-order valence-corrected chi connectivity index (χ4v) is 6.45. The van der Waals surface area contributed by atoms with Gasteiger partial charge in [0.1, 0.15) is 17.7 Å². The van der Waals surface area contributed by atoms with Crippen molar-refractivity contribution in [3.05, 3.63) is 93.8 Å². The predicted molar refractivity (Wildman–Crippen MR) is 131 cm³/mol. The molecule has 2 N–H and O–H groups in total. The lowest BCUT2D eigenvalue weighted by Crippen LogP contribution is -2.35. The van der Waals surface area contributed by atoms with E-state index in [1.54, 1.807) is 55.5 Å². The quantitative estimate of drug-likeness (QED) is 0.452. The highest BCUT2D eigenvalue weighted by Gasteiger charge is 2.37. The van der Waals surface area contributed by atoms with Crippen molar-refractivity contribution in [1.82, 2.24) is 0 Å². The average molecular weight is 486 g/mol. The normalized spacial score (nSPS) is 18.5. The zero-order valence-electron chi connectivity index (χ0n) is 18.4. The number of benzene rings is 3. The van der Waals surface area contributed by atoms with Crippen LogP contribution < -0.4 is 10.5 Å². The van der Waals surface area contributed by atoms with Gasteiger partial charge in [0.05, 0.1) is 15.2 Å². The van der Waals surface area contributed by atoms with Gasteiger partial charge in [-0.3, -0.25) is 0 Å². The largest absolute Gasteiger partial charge is 0.489 e. The molecule has 2 unspecified atom stereocenters. The number of hydrogen-bond acceptors (Lipinski definition) is 4. The van der Waals surface area contributed by atoms with E-state index in [9.17, 15) is 12.8 Å². The van der Waals surface area contributed by atoms with Crippen molar-refractivity contribution in [3.63, 3.8) is 0 Å². The molecule has 0 aliphatic carbocycles. The lowest BCUT2D eigenvalue weighted by atomic mass is 9.97. The van der Waals surface area contributed by atoms with Crippen molar-refractivity contribution in [3.8, 4) is 5.75 Å². The third-order valence-electron chi connectivity index (χ3n) is 5.85. The maximum Gasteiger partial charge on any atom is 0.185 e. The Morgan fingerprint density at radius 1 is 1.18 bits per heavy atom. The maximum atomic E-state index is 14.4. The molecule has 3 aromatic rings. The SMILES string of the molecule is C/C(=C\c1ccc2c(c1)C(S(=O)(=O)c1cccc(C)c1)CC(CN)O2)c1c(F)cccc1Cl. The van der Waals surface area contributed by atoms with E-state index in [0.29, 0.717) is 27.5 Å². The number of ether oxygens (including phenoxy) is 1. The summed E-state index contributed by atoms with van der Waals surface area (Å²) >= 11 is 6.21.